The van der Waals surface area contributed by atoms with Gasteiger partial charge in [-0.15, -0.1) is 16.4 Å². The van der Waals surface area contributed by atoms with Crippen LogP contribution in [0.25, 0.3) is 0 Å². The first-order chi connectivity index (χ1) is 9.63. The minimum absolute atomic E-state index is 0.467. The van der Waals surface area contributed by atoms with Crippen molar-refractivity contribution >= 4 is 29.0 Å². The van der Waals surface area contributed by atoms with Gasteiger partial charge in [0.1, 0.15) is 0 Å². The third kappa shape index (κ3) is 5.11. The molecule has 2 aromatic heterocycles. The smallest absolute Gasteiger partial charge is 0.315 e. The van der Waals surface area contributed by atoms with E-state index in [0.717, 1.165) is 23.8 Å². The highest BCUT2D eigenvalue weighted by Gasteiger charge is 2.06. The maximum absolute atomic E-state index is 5.88. The molecular weight excluding hydrogens is 296 g/mol. The van der Waals surface area contributed by atoms with Crippen LogP contribution in [0.1, 0.15) is 24.6 Å². The SMILES string of the molecule is CC(C)CNCc1nnc(NCCc2ccc(Cl)s2)o1. The lowest BCUT2D eigenvalue weighted by molar-refractivity contribution is 0.458. The van der Waals surface area contributed by atoms with Crippen LogP contribution in [0.15, 0.2) is 16.5 Å². The number of hydrogen-bond donors (Lipinski definition) is 2. The van der Waals surface area contributed by atoms with Gasteiger partial charge in [-0.3, -0.25) is 0 Å². The number of hydrogen-bond acceptors (Lipinski definition) is 6. The van der Waals surface area contributed by atoms with E-state index < -0.39 is 0 Å². The van der Waals surface area contributed by atoms with Crippen molar-refractivity contribution in [2.24, 2.45) is 5.92 Å². The van der Waals surface area contributed by atoms with E-state index in [1.54, 1.807) is 11.3 Å². The lowest BCUT2D eigenvalue weighted by Crippen LogP contribution is -2.19. The largest absolute Gasteiger partial charge is 0.407 e. The van der Waals surface area contributed by atoms with E-state index in [0.29, 0.717) is 24.4 Å². The summed E-state index contributed by atoms with van der Waals surface area (Å²) in [6, 6.07) is 4.41. The second kappa shape index (κ2) is 7.61. The van der Waals surface area contributed by atoms with Crippen LogP contribution in [-0.2, 0) is 13.0 Å². The predicted octanol–water partition coefficient (Wildman–Crippen LogP) is 3.18. The molecule has 110 valence electrons. The molecule has 5 nitrogen and oxygen atoms in total. The Kier molecular flexibility index (Phi) is 5.82. The molecule has 2 rings (SSSR count). The Bertz CT molecular complexity index is 526. The zero-order chi connectivity index (χ0) is 14.4. The Morgan fingerprint density at radius 2 is 2.20 bits per heavy atom. The highest BCUT2D eigenvalue weighted by molar-refractivity contribution is 7.16. The zero-order valence-electron chi connectivity index (χ0n) is 11.6. The zero-order valence-corrected chi connectivity index (χ0v) is 13.2. The van der Waals surface area contributed by atoms with Crippen LogP contribution >= 0.6 is 22.9 Å². The van der Waals surface area contributed by atoms with Crippen LogP contribution in [0.3, 0.4) is 0 Å². The molecule has 0 aliphatic heterocycles. The highest BCUT2D eigenvalue weighted by Crippen LogP contribution is 2.21. The first kappa shape index (κ1) is 15.3. The van der Waals surface area contributed by atoms with Gasteiger partial charge in [0, 0.05) is 11.4 Å². The molecule has 0 fully saturated rings. The molecule has 2 N–H and O–H groups in total. The summed E-state index contributed by atoms with van der Waals surface area (Å²) < 4.78 is 6.31. The predicted molar refractivity (Wildman–Crippen MR) is 82.4 cm³/mol. The molecule has 2 heterocycles. The second-order valence-electron chi connectivity index (χ2n) is 4.91. The number of anilines is 1. The molecule has 0 atom stereocenters. The van der Waals surface area contributed by atoms with E-state index in [1.807, 2.05) is 12.1 Å². The van der Waals surface area contributed by atoms with Crippen LogP contribution in [0, 0.1) is 5.92 Å². The highest BCUT2D eigenvalue weighted by atomic mass is 35.5. The molecule has 0 amide bonds. The number of aromatic nitrogens is 2. The third-order valence-electron chi connectivity index (χ3n) is 2.57. The maximum atomic E-state index is 5.88. The Labute approximate surface area is 127 Å². The summed E-state index contributed by atoms with van der Waals surface area (Å²) in [7, 11) is 0. The average Bonchev–Trinajstić information content (AvgIpc) is 2.99. The van der Waals surface area contributed by atoms with Gasteiger partial charge in [-0.05, 0) is 31.0 Å². The number of thiophene rings is 1. The Balaban J connectivity index is 1.69. The van der Waals surface area contributed by atoms with E-state index in [-0.39, 0.29) is 0 Å². The number of rotatable bonds is 8. The van der Waals surface area contributed by atoms with Gasteiger partial charge in [-0.25, -0.2) is 0 Å². The topological polar surface area (TPSA) is 63.0 Å². The van der Waals surface area contributed by atoms with Crippen molar-refractivity contribution in [3.8, 4) is 0 Å². The maximum Gasteiger partial charge on any atom is 0.315 e. The molecule has 0 unspecified atom stereocenters. The van der Waals surface area contributed by atoms with Crippen molar-refractivity contribution in [1.29, 1.82) is 0 Å². The second-order valence-corrected chi connectivity index (χ2v) is 6.71. The molecule has 2 aromatic rings. The van der Waals surface area contributed by atoms with E-state index in [9.17, 15) is 0 Å². The van der Waals surface area contributed by atoms with Gasteiger partial charge in [-0.2, -0.15) is 0 Å². The fourth-order valence-corrected chi connectivity index (χ4v) is 2.73. The molecule has 0 bridgehead atoms. The lowest BCUT2D eigenvalue weighted by atomic mass is 10.2. The van der Waals surface area contributed by atoms with Gasteiger partial charge in [0.25, 0.3) is 0 Å². The fourth-order valence-electron chi connectivity index (χ4n) is 1.64. The van der Waals surface area contributed by atoms with Crippen LogP contribution < -0.4 is 10.6 Å². The normalized spacial score (nSPS) is 11.2. The molecular formula is C13H19ClN4OS. The summed E-state index contributed by atoms with van der Waals surface area (Å²) in [6.45, 7) is 6.60. The van der Waals surface area contributed by atoms with Crippen molar-refractivity contribution in [2.45, 2.75) is 26.8 Å². The minimum Gasteiger partial charge on any atom is -0.407 e. The first-order valence-corrected chi connectivity index (χ1v) is 7.84. The lowest BCUT2D eigenvalue weighted by Gasteiger charge is -2.03. The Morgan fingerprint density at radius 1 is 1.35 bits per heavy atom. The van der Waals surface area contributed by atoms with Crippen molar-refractivity contribution in [2.75, 3.05) is 18.4 Å². The Hall–Kier alpha value is -1.11. The summed E-state index contributed by atoms with van der Waals surface area (Å²) in [5.41, 5.74) is 0. The number of nitrogens with zero attached hydrogens (tertiary/aromatic N) is 2. The van der Waals surface area contributed by atoms with Crippen molar-refractivity contribution in [3.05, 3.63) is 27.2 Å². The number of nitrogens with one attached hydrogen (secondary N) is 2. The van der Waals surface area contributed by atoms with Crippen LogP contribution in [-0.4, -0.2) is 23.3 Å². The summed E-state index contributed by atoms with van der Waals surface area (Å²) in [5, 5.41) is 14.3. The van der Waals surface area contributed by atoms with Gasteiger partial charge in [0.2, 0.25) is 5.89 Å². The standard InChI is InChI=1S/C13H19ClN4OS/c1-9(2)7-15-8-12-17-18-13(19-12)16-6-5-10-3-4-11(14)20-10/h3-4,9,15H,5-8H2,1-2H3,(H,16,18). The molecule has 0 aliphatic rings. The fraction of sp³-hybridized carbons (Fsp3) is 0.538. The third-order valence-corrected chi connectivity index (χ3v) is 3.86. The average molecular weight is 315 g/mol. The molecule has 0 spiro atoms. The van der Waals surface area contributed by atoms with Crippen molar-refractivity contribution in [3.63, 3.8) is 0 Å². The van der Waals surface area contributed by atoms with E-state index in [2.05, 4.69) is 34.7 Å². The van der Waals surface area contributed by atoms with Crippen molar-refractivity contribution < 1.29 is 4.42 Å². The summed E-state index contributed by atoms with van der Waals surface area (Å²) in [4.78, 5) is 1.24. The molecule has 0 saturated heterocycles. The summed E-state index contributed by atoms with van der Waals surface area (Å²) in [5.74, 6) is 1.21. The summed E-state index contributed by atoms with van der Waals surface area (Å²) in [6.07, 6.45) is 0.890. The minimum atomic E-state index is 0.467. The molecule has 7 heteroatoms. The van der Waals surface area contributed by atoms with Gasteiger partial charge < -0.3 is 15.1 Å². The van der Waals surface area contributed by atoms with Gasteiger partial charge in [0.05, 0.1) is 10.9 Å². The van der Waals surface area contributed by atoms with Crippen LogP contribution in [0.4, 0.5) is 6.01 Å². The molecule has 0 saturated carbocycles. The van der Waals surface area contributed by atoms with Gasteiger partial charge in [0.15, 0.2) is 0 Å². The van der Waals surface area contributed by atoms with E-state index in [1.165, 1.54) is 4.88 Å². The summed E-state index contributed by atoms with van der Waals surface area (Å²) >= 11 is 7.47. The molecule has 0 aromatic carbocycles. The van der Waals surface area contributed by atoms with Gasteiger partial charge in [-0.1, -0.05) is 30.5 Å². The Morgan fingerprint density at radius 3 is 2.90 bits per heavy atom. The molecule has 20 heavy (non-hydrogen) atoms. The van der Waals surface area contributed by atoms with Crippen LogP contribution in [0.5, 0.6) is 0 Å². The van der Waals surface area contributed by atoms with Crippen molar-refractivity contribution in [1.82, 2.24) is 15.5 Å². The van der Waals surface area contributed by atoms with E-state index >= 15 is 0 Å². The van der Waals surface area contributed by atoms with E-state index in [4.69, 9.17) is 16.0 Å². The molecule has 0 aliphatic carbocycles. The van der Waals surface area contributed by atoms with Crippen LogP contribution in [0.2, 0.25) is 4.34 Å². The molecule has 0 radical (unpaired) electrons. The monoisotopic (exact) mass is 314 g/mol. The quantitative estimate of drug-likeness (QED) is 0.783. The first-order valence-electron chi connectivity index (χ1n) is 6.64. The van der Waals surface area contributed by atoms with Gasteiger partial charge >= 0.3 is 6.01 Å². The number of halogens is 1.